The van der Waals surface area contributed by atoms with Gasteiger partial charge in [0.2, 0.25) is 47.3 Å². The summed E-state index contributed by atoms with van der Waals surface area (Å²) in [4.78, 5) is 129. The highest BCUT2D eigenvalue weighted by atomic mass is 79.9. The van der Waals surface area contributed by atoms with Crippen molar-refractivity contribution in [2.24, 2.45) is 0 Å². The van der Waals surface area contributed by atoms with E-state index >= 15 is 0 Å². The third-order valence-electron chi connectivity index (χ3n) is 17.7. The number of alkyl halides is 4. The van der Waals surface area contributed by atoms with Crippen molar-refractivity contribution < 1.29 is 38.4 Å². The maximum absolute atomic E-state index is 11.9. The predicted molar refractivity (Wildman–Crippen MR) is 492 cm³/mol. The number of fused-ring (bicyclic) bond motifs is 5. The van der Waals surface area contributed by atoms with Crippen LogP contribution in [0.2, 0.25) is 0 Å². The number of nitrogens with zero attached hydrogens (tertiary/aromatic N) is 8. The fourth-order valence-corrected chi connectivity index (χ4v) is 12.3. The summed E-state index contributed by atoms with van der Waals surface area (Å²) in [5.41, 5.74) is 11.6. The van der Waals surface area contributed by atoms with Crippen LogP contribution in [-0.4, -0.2) is 111 Å². The second-order valence-electron chi connectivity index (χ2n) is 27.5. The standard InChI is InChI=1S/C24H20ClN5O2.C23H24ClN5O2.C22H22ClN5O2.C19H15BrClN5O2/c1-2-22(31)29-20-10-18-19(11-21(20)30-23(32)12-25)27-14-28-24(18)26-13-16-8-5-7-15-6-3-4-9-17(15)16;1-5-20(30)28-18-10-16-17(11-19(18)29-21(31)12-24)25-13-26-22(16)27-15-8-6-14(7-9-15)23(2,3)4;1-4-20(29)27-18-9-16-17(10-19(18)28-21(30)11-23)24-12-25-22(16)26-15-7-5-14(6-8-15)13(2)3;1-2-17(27)25-15-7-13-14(8-16(15)26-18(28)9-21)22-10-23-19(13)24-12-5-3-11(20)4-6-12/h2-11,14H,1,12-13H2,(H,29,31)(H,30,32)(H,26,27,28);5-11,13H,1,12H2,2-4H3,(H,28,30)(H,29,31)(H,25,26,27);4-10,12-13H,1,11H2,2-3H3,(H,27,29)(H,28,30)(H,24,25,26);2-8,10H,1,9H2,(H,25,27)(H,26,28)(H,22,23,24). The van der Waals surface area contributed by atoms with Gasteiger partial charge < -0.3 is 63.8 Å². The Labute approximate surface area is 723 Å². The van der Waals surface area contributed by atoms with Crippen LogP contribution in [0.4, 0.5) is 85.8 Å². The lowest BCUT2D eigenvalue weighted by molar-refractivity contribution is -0.114. The summed E-state index contributed by atoms with van der Waals surface area (Å²) in [5, 5.41) is 39.6. The Bertz CT molecular complexity index is 6100. The van der Waals surface area contributed by atoms with Crippen molar-refractivity contribution in [3.05, 3.63) is 261 Å². The number of carbonyl (C=O) groups excluding carboxylic acids is 8. The van der Waals surface area contributed by atoms with E-state index in [1.54, 1.807) is 48.5 Å². The molecule has 9 aromatic carbocycles. The van der Waals surface area contributed by atoms with Gasteiger partial charge in [0, 0.05) is 49.6 Å². The van der Waals surface area contributed by atoms with Gasteiger partial charge in [-0.3, -0.25) is 38.4 Å². The van der Waals surface area contributed by atoms with Crippen LogP contribution in [-0.2, 0) is 50.3 Å². The summed E-state index contributed by atoms with van der Waals surface area (Å²) < 4.78 is 0.958. The van der Waals surface area contributed by atoms with Gasteiger partial charge in [-0.1, -0.05) is 144 Å². The van der Waals surface area contributed by atoms with Gasteiger partial charge in [0.05, 0.1) is 67.6 Å². The van der Waals surface area contributed by atoms with Crippen molar-refractivity contribution in [1.29, 1.82) is 0 Å². The molecule has 0 aliphatic rings. The number of hydrogen-bond donors (Lipinski definition) is 12. The number of nitrogens with one attached hydrogen (secondary N) is 12. The van der Waals surface area contributed by atoms with Gasteiger partial charge in [-0.2, -0.15) is 0 Å². The molecule has 0 unspecified atom stereocenters. The van der Waals surface area contributed by atoms with Gasteiger partial charge in [-0.25, -0.2) is 39.9 Å². The van der Waals surface area contributed by atoms with E-state index in [9.17, 15) is 38.4 Å². The Hall–Kier alpha value is -13.8. The van der Waals surface area contributed by atoms with Crippen LogP contribution in [0.3, 0.4) is 0 Å². The second kappa shape index (κ2) is 42.5. The molecule has 0 fully saturated rings. The molecular weight excluding hydrogens is 1690 g/mol. The molecule has 0 atom stereocenters. The minimum atomic E-state index is -0.417. The zero-order valence-corrected chi connectivity index (χ0v) is 70.5. The van der Waals surface area contributed by atoms with Gasteiger partial charge in [-0.05, 0) is 160 Å². The van der Waals surface area contributed by atoms with Crippen LogP contribution in [0.25, 0.3) is 54.4 Å². The molecule has 13 aromatic rings. The SMILES string of the molecule is C=CC(=O)Nc1cc2c(NCc3cccc4ccccc34)ncnc2cc1NC(=O)CCl.C=CC(=O)Nc1cc2c(Nc3ccc(Br)cc3)ncnc2cc1NC(=O)CCl.C=CC(=O)Nc1cc2c(Nc3ccc(C(C)(C)C)cc3)ncnc2cc1NC(=O)CCl.C=CC(=O)Nc1cc2c(Nc3ccc(C(C)C)cc3)ncnc2cc1NC(=O)CCl. The summed E-state index contributed by atoms with van der Waals surface area (Å²) in [6.07, 6.45) is 10.3. The highest BCUT2D eigenvalue weighted by Gasteiger charge is 2.21. The van der Waals surface area contributed by atoms with E-state index < -0.39 is 47.3 Å². The highest BCUT2D eigenvalue weighted by molar-refractivity contribution is 9.10. The van der Waals surface area contributed by atoms with Gasteiger partial charge in [-0.15, -0.1) is 46.4 Å². The lowest BCUT2D eigenvalue weighted by Crippen LogP contribution is -2.16. The molecule has 4 aromatic heterocycles. The molecule has 33 heteroatoms. The fraction of sp³-hybridized carbons (Fsp3) is 0.136. The van der Waals surface area contributed by atoms with Crippen molar-refractivity contribution in [2.75, 3.05) is 87.3 Å². The van der Waals surface area contributed by atoms with Gasteiger partial charge in [0.15, 0.2) is 0 Å². The van der Waals surface area contributed by atoms with Crippen molar-refractivity contribution in [3.8, 4) is 0 Å². The molecule has 12 N–H and O–H groups in total. The minimum absolute atomic E-state index is 0.0578. The molecule has 0 saturated heterocycles. The molecule has 13 rings (SSSR count). The van der Waals surface area contributed by atoms with Crippen LogP contribution < -0.4 is 63.8 Å². The van der Waals surface area contributed by atoms with E-state index in [4.69, 9.17) is 46.4 Å². The molecule has 0 spiro atoms. The third kappa shape index (κ3) is 24.6. The van der Waals surface area contributed by atoms with Crippen LogP contribution in [0.15, 0.2) is 244 Å². The summed E-state index contributed by atoms with van der Waals surface area (Å²) >= 11 is 25.8. The number of anilines is 15. The maximum atomic E-state index is 11.9. The van der Waals surface area contributed by atoms with Gasteiger partial charge in [0.25, 0.3) is 0 Å². The minimum Gasteiger partial charge on any atom is -0.365 e. The highest BCUT2D eigenvalue weighted by Crippen LogP contribution is 2.38. The van der Waals surface area contributed by atoms with Gasteiger partial charge >= 0.3 is 0 Å². The number of rotatable bonds is 26. The van der Waals surface area contributed by atoms with E-state index in [0.717, 1.165) is 62.2 Å². The normalized spacial score (nSPS) is 10.7. The van der Waals surface area contributed by atoms with Crippen LogP contribution in [0.5, 0.6) is 0 Å². The number of aromatic nitrogens is 8. The number of benzene rings is 9. The van der Waals surface area contributed by atoms with E-state index in [1.807, 2.05) is 66.7 Å². The average Bonchev–Trinajstić information content (AvgIpc) is 0.821. The largest absolute Gasteiger partial charge is 0.365 e. The van der Waals surface area contributed by atoms with Crippen LogP contribution in [0.1, 0.15) is 57.2 Å². The van der Waals surface area contributed by atoms with E-state index in [0.29, 0.717) is 125 Å². The summed E-state index contributed by atoms with van der Waals surface area (Å²) in [7, 11) is 0. The molecule has 0 saturated carbocycles. The quantitative estimate of drug-likeness (QED) is 0.0177. The monoisotopic (exact) mass is 1760 g/mol. The Balaban J connectivity index is 0.000000169. The first-order chi connectivity index (χ1) is 58.2. The molecular formula is C88H81BrCl4N20O8. The van der Waals surface area contributed by atoms with Gasteiger partial charge in [0.1, 0.15) is 72.1 Å². The predicted octanol–water partition coefficient (Wildman–Crippen LogP) is 18.9. The molecule has 0 aliphatic heterocycles. The van der Waals surface area contributed by atoms with E-state index in [1.165, 1.54) is 36.4 Å². The topological polar surface area (TPSA) is 384 Å². The zero-order chi connectivity index (χ0) is 86.9. The molecule has 0 bridgehead atoms. The first kappa shape index (κ1) is 89.5. The Morgan fingerprint density at radius 3 is 1.01 bits per heavy atom. The van der Waals surface area contributed by atoms with Crippen LogP contribution in [0, 0.1) is 0 Å². The molecule has 0 aliphatic carbocycles. The lowest BCUT2D eigenvalue weighted by atomic mass is 9.87. The maximum Gasteiger partial charge on any atom is 0.247 e. The summed E-state index contributed by atoms with van der Waals surface area (Å²) in [6, 6.07) is 51.6. The van der Waals surface area contributed by atoms with E-state index in [2.05, 4.69) is 229 Å². The average molecular weight is 1770 g/mol. The lowest BCUT2D eigenvalue weighted by Gasteiger charge is -2.19. The Morgan fingerprint density at radius 2 is 0.678 bits per heavy atom. The van der Waals surface area contributed by atoms with Crippen molar-refractivity contribution in [1.82, 2.24) is 39.9 Å². The number of carbonyl (C=O) groups is 8. The molecule has 121 heavy (non-hydrogen) atoms. The molecule has 28 nitrogen and oxygen atoms in total. The van der Waals surface area contributed by atoms with Crippen LogP contribution >= 0.6 is 62.3 Å². The number of amides is 8. The molecule has 4 heterocycles. The smallest absolute Gasteiger partial charge is 0.247 e. The van der Waals surface area contributed by atoms with Crippen molar-refractivity contribution in [2.45, 2.75) is 52.5 Å². The first-order valence-electron chi connectivity index (χ1n) is 37.0. The Morgan fingerprint density at radius 1 is 0.372 bits per heavy atom. The zero-order valence-electron chi connectivity index (χ0n) is 65.9. The third-order valence-corrected chi connectivity index (χ3v) is 19.2. The van der Waals surface area contributed by atoms with Crippen molar-refractivity contribution in [3.63, 3.8) is 0 Å². The number of hydrogen-bond acceptors (Lipinski definition) is 20. The van der Waals surface area contributed by atoms with E-state index in [-0.39, 0.29) is 28.9 Å². The summed E-state index contributed by atoms with van der Waals surface area (Å²) in [6.45, 7) is 25.2. The molecule has 616 valence electrons. The summed E-state index contributed by atoms with van der Waals surface area (Å²) in [5.74, 6) is -1.38. The second-order valence-corrected chi connectivity index (χ2v) is 29.5. The Kier molecular flexibility index (Phi) is 31.5. The number of halogens is 5. The molecule has 8 amide bonds. The molecule has 0 radical (unpaired) electrons. The van der Waals surface area contributed by atoms with Crippen molar-refractivity contribution >= 4 is 250 Å². The fourth-order valence-electron chi connectivity index (χ4n) is 11.7. The first-order valence-corrected chi connectivity index (χ1v) is 39.9.